The van der Waals surface area contributed by atoms with Crippen molar-refractivity contribution in [2.75, 3.05) is 44.8 Å². The average Bonchev–Trinajstić information content (AvgIpc) is 3.45. The molecular weight excluding hydrogens is 665 g/mol. The quantitative estimate of drug-likeness (QED) is 0.217. The molecule has 0 saturated carbocycles. The van der Waals surface area contributed by atoms with E-state index in [0.717, 1.165) is 20.1 Å². The fourth-order valence-corrected chi connectivity index (χ4v) is 7.26. The van der Waals surface area contributed by atoms with Crippen molar-refractivity contribution in [3.8, 4) is 11.1 Å². The molecule has 1 atom stereocenters. The summed E-state index contributed by atoms with van der Waals surface area (Å²) in [6.07, 6.45) is 3.55. The summed E-state index contributed by atoms with van der Waals surface area (Å²) in [6.45, 7) is 4.26. The van der Waals surface area contributed by atoms with Gasteiger partial charge in [-0.3, -0.25) is 4.79 Å². The van der Waals surface area contributed by atoms with Crippen LogP contribution in [-0.4, -0.2) is 77.9 Å². The van der Waals surface area contributed by atoms with Gasteiger partial charge in [-0.25, -0.2) is 22.2 Å². The summed E-state index contributed by atoms with van der Waals surface area (Å²) in [7, 11) is -2.64. The Morgan fingerprint density at radius 3 is 2.43 bits per heavy atom. The Labute approximate surface area is 281 Å². The highest BCUT2D eigenvalue weighted by atomic mass is 35.5. The van der Waals surface area contributed by atoms with Crippen molar-refractivity contribution in [2.45, 2.75) is 17.9 Å². The molecule has 244 valence electrons. The molecule has 1 unspecified atom stereocenters. The molecule has 1 N–H and O–H groups in total. The summed E-state index contributed by atoms with van der Waals surface area (Å²) in [5.41, 5.74) is 3.06. The summed E-state index contributed by atoms with van der Waals surface area (Å²) >= 11 is 12.4. The van der Waals surface area contributed by atoms with E-state index < -0.39 is 27.7 Å². The van der Waals surface area contributed by atoms with E-state index in [0.29, 0.717) is 53.4 Å². The van der Waals surface area contributed by atoms with Crippen molar-refractivity contribution in [2.24, 2.45) is 0 Å². The lowest BCUT2D eigenvalue weighted by Crippen LogP contribution is -2.36. The second-order valence-corrected chi connectivity index (χ2v) is 14.0. The first-order chi connectivity index (χ1) is 22.4. The molecule has 1 amide bonds. The lowest BCUT2D eigenvalue weighted by atomic mass is 10.0. The number of benzene rings is 2. The van der Waals surface area contributed by atoms with Gasteiger partial charge in [0.15, 0.2) is 5.65 Å². The number of carbonyl (C=O) groups is 1. The molecule has 0 aliphatic carbocycles. The summed E-state index contributed by atoms with van der Waals surface area (Å²) < 4.78 is 35.9. The van der Waals surface area contributed by atoms with E-state index >= 15 is 0 Å². The van der Waals surface area contributed by atoms with Gasteiger partial charge in [-0.2, -0.15) is 0 Å². The van der Waals surface area contributed by atoms with Crippen LogP contribution in [0.25, 0.3) is 22.2 Å². The van der Waals surface area contributed by atoms with Crippen molar-refractivity contribution in [3.63, 3.8) is 0 Å². The fourth-order valence-electron chi connectivity index (χ4n) is 5.63. The second-order valence-electron chi connectivity index (χ2n) is 11.3. The smallest absolute Gasteiger partial charge is 0.407 e. The average molecular weight is 697 g/mol. The number of ether oxygens (including phenoxy) is 1. The van der Waals surface area contributed by atoms with E-state index in [1.54, 1.807) is 60.9 Å². The van der Waals surface area contributed by atoms with Gasteiger partial charge < -0.3 is 24.2 Å². The van der Waals surface area contributed by atoms with Crippen molar-refractivity contribution in [1.29, 1.82) is 0 Å². The first kappa shape index (κ1) is 32.6. The molecule has 1 aliphatic heterocycles. The normalized spacial score (nSPS) is 14.3. The molecule has 0 spiro atoms. The Bertz CT molecular complexity index is 2140. The number of halogens is 2. The van der Waals surface area contributed by atoms with Gasteiger partial charge in [0, 0.05) is 56.1 Å². The Morgan fingerprint density at radius 2 is 1.77 bits per heavy atom. The number of rotatable bonds is 8. The fraction of sp³-hybridized carbons (Fsp3) is 0.242. The molecule has 5 aromatic rings. The van der Waals surface area contributed by atoms with Crippen LogP contribution in [0.4, 0.5) is 10.5 Å². The zero-order valence-corrected chi connectivity index (χ0v) is 27.8. The summed E-state index contributed by atoms with van der Waals surface area (Å²) in [5, 5.41) is 10.7. The van der Waals surface area contributed by atoms with Crippen LogP contribution in [0.1, 0.15) is 17.2 Å². The lowest BCUT2D eigenvalue weighted by molar-refractivity contribution is 0.122. The number of anilines is 1. The van der Waals surface area contributed by atoms with Crippen molar-refractivity contribution in [3.05, 3.63) is 111 Å². The van der Waals surface area contributed by atoms with Gasteiger partial charge in [-0.05, 0) is 54.4 Å². The highest BCUT2D eigenvalue weighted by molar-refractivity contribution is 7.90. The lowest BCUT2D eigenvalue weighted by Gasteiger charge is -2.28. The van der Waals surface area contributed by atoms with E-state index in [1.807, 2.05) is 13.0 Å². The van der Waals surface area contributed by atoms with Crippen LogP contribution in [0.2, 0.25) is 10.0 Å². The molecule has 1 saturated heterocycles. The van der Waals surface area contributed by atoms with Crippen LogP contribution >= 0.6 is 23.2 Å². The molecule has 6 rings (SSSR count). The molecule has 47 heavy (non-hydrogen) atoms. The Balaban J connectivity index is 1.50. The molecule has 1 fully saturated rings. The SMILES string of the molecule is Cc1ccc(S(=O)(=O)n2cc(-c3ccn(C(CN(C)C(=O)O)c4ccc(Cl)c(Cl)c4)c(=O)c3)c3cc(N4CCOCC4)cnc32)cc1. The maximum absolute atomic E-state index is 13.9. The minimum atomic E-state index is -4.05. The van der Waals surface area contributed by atoms with Crippen LogP contribution in [0.15, 0.2) is 88.9 Å². The zero-order valence-electron chi connectivity index (χ0n) is 25.5. The molecule has 3 aromatic heterocycles. The van der Waals surface area contributed by atoms with Gasteiger partial charge in [0.2, 0.25) is 0 Å². The Kier molecular flexibility index (Phi) is 9.03. The first-order valence-corrected chi connectivity index (χ1v) is 16.9. The number of nitrogens with zero attached hydrogens (tertiary/aromatic N) is 5. The predicted molar refractivity (Wildman–Crippen MR) is 181 cm³/mol. The number of pyridine rings is 2. The molecule has 1 aliphatic rings. The van der Waals surface area contributed by atoms with Gasteiger partial charge in [0.05, 0.1) is 46.1 Å². The van der Waals surface area contributed by atoms with Crippen LogP contribution in [0, 0.1) is 6.92 Å². The molecule has 11 nitrogen and oxygen atoms in total. The zero-order chi connectivity index (χ0) is 33.5. The Hall–Kier alpha value is -4.36. The van der Waals surface area contributed by atoms with E-state index in [2.05, 4.69) is 9.88 Å². The van der Waals surface area contributed by atoms with E-state index in [-0.39, 0.29) is 22.1 Å². The van der Waals surface area contributed by atoms with Crippen molar-refractivity contribution < 1.29 is 23.1 Å². The standard InChI is InChI=1S/C33H31Cl2N5O6S/c1-21-3-6-25(7-4-21)47(44,45)40-19-27(26-17-24(18-36-32(26)40)38-11-13-46-14-12-38)22-9-10-39(31(41)16-22)30(20-37(2)33(42)43)23-5-8-28(34)29(35)15-23/h3-10,15-19,30H,11-14,20H2,1-2H3,(H,42,43). The minimum Gasteiger partial charge on any atom is -0.465 e. The molecule has 4 heterocycles. The van der Waals surface area contributed by atoms with Crippen LogP contribution in [0.3, 0.4) is 0 Å². The summed E-state index contributed by atoms with van der Waals surface area (Å²) in [6, 6.07) is 15.7. The van der Waals surface area contributed by atoms with Gasteiger partial charge >= 0.3 is 6.09 Å². The van der Waals surface area contributed by atoms with Crippen molar-refractivity contribution >= 4 is 56.0 Å². The minimum absolute atomic E-state index is 0.0481. The van der Waals surface area contributed by atoms with Crippen LogP contribution in [0.5, 0.6) is 0 Å². The maximum Gasteiger partial charge on any atom is 0.407 e. The molecule has 2 aromatic carbocycles. The van der Waals surface area contributed by atoms with E-state index in [4.69, 9.17) is 27.9 Å². The number of carboxylic acid groups (broad SMARTS) is 1. The van der Waals surface area contributed by atoms with Crippen LogP contribution < -0.4 is 10.5 Å². The highest BCUT2D eigenvalue weighted by Gasteiger charge is 2.26. The Morgan fingerprint density at radius 1 is 1.04 bits per heavy atom. The van der Waals surface area contributed by atoms with Crippen molar-refractivity contribution in [1.82, 2.24) is 18.4 Å². The topological polar surface area (TPSA) is 127 Å². The number of hydrogen-bond acceptors (Lipinski definition) is 7. The molecule has 14 heteroatoms. The predicted octanol–water partition coefficient (Wildman–Crippen LogP) is 5.75. The molecule has 0 bridgehead atoms. The number of morpholine rings is 1. The number of aromatic nitrogens is 3. The first-order valence-electron chi connectivity index (χ1n) is 14.7. The highest BCUT2D eigenvalue weighted by Crippen LogP contribution is 2.35. The number of aryl methyl sites for hydroxylation is 1. The molecule has 0 radical (unpaired) electrons. The summed E-state index contributed by atoms with van der Waals surface area (Å²) in [5.74, 6) is 0. The second kappa shape index (κ2) is 13.0. The third-order valence-corrected chi connectivity index (χ3v) is 10.7. The number of hydrogen-bond donors (Lipinski definition) is 1. The number of likely N-dealkylation sites (N-methyl/N-ethyl adjacent to an activating group) is 1. The van der Waals surface area contributed by atoms with Gasteiger partial charge in [-0.15, -0.1) is 0 Å². The van der Waals surface area contributed by atoms with Gasteiger partial charge in [0.1, 0.15) is 0 Å². The third kappa shape index (κ3) is 6.46. The van der Waals surface area contributed by atoms with E-state index in [1.165, 1.54) is 23.9 Å². The molecular formula is C33H31Cl2N5O6S. The van der Waals surface area contributed by atoms with Gasteiger partial charge in [0.25, 0.3) is 15.6 Å². The number of amides is 1. The summed E-state index contributed by atoms with van der Waals surface area (Å²) in [4.78, 5) is 33.5. The van der Waals surface area contributed by atoms with E-state index in [9.17, 15) is 23.1 Å². The number of fused-ring (bicyclic) bond motifs is 1. The maximum atomic E-state index is 13.9. The van der Waals surface area contributed by atoms with Crippen LogP contribution in [-0.2, 0) is 14.8 Å². The third-order valence-electron chi connectivity index (χ3n) is 8.25. The largest absolute Gasteiger partial charge is 0.465 e. The van der Waals surface area contributed by atoms with Gasteiger partial charge in [-0.1, -0.05) is 47.0 Å². The monoisotopic (exact) mass is 695 g/mol.